The van der Waals surface area contributed by atoms with Crippen LogP contribution in [0.15, 0.2) is 30.3 Å². The molecule has 1 heterocycles. The van der Waals surface area contributed by atoms with Crippen LogP contribution in [0.4, 0.5) is 4.39 Å². The maximum absolute atomic E-state index is 13.2. The molecule has 1 unspecified atom stereocenters. The van der Waals surface area contributed by atoms with Gasteiger partial charge < -0.3 is 5.32 Å². The number of hydrogen-bond acceptors (Lipinski definition) is 2. The lowest BCUT2D eigenvalue weighted by Crippen LogP contribution is -2.17. The minimum absolute atomic E-state index is 0.255. The van der Waals surface area contributed by atoms with Crippen molar-refractivity contribution in [2.75, 3.05) is 0 Å². The topological polar surface area (TPSA) is 12.0 Å². The molecular formula is C14H15ClFNS. The zero-order chi connectivity index (χ0) is 13.1. The highest BCUT2D eigenvalue weighted by molar-refractivity contribution is 7.12. The number of halogens is 2. The predicted molar refractivity (Wildman–Crippen MR) is 75.7 cm³/mol. The van der Waals surface area contributed by atoms with Gasteiger partial charge in [0.15, 0.2) is 0 Å². The third kappa shape index (κ3) is 3.55. The lowest BCUT2D eigenvalue weighted by molar-refractivity contribution is 0.576. The molecule has 4 heteroatoms. The number of benzene rings is 1. The van der Waals surface area contributed by atoms with E-state index >= 15 is 0 Å². The Labute approximate surface area is 116 Å². The first-order chi connectivity index (χ1) is 8.54. The van der Waals surface area contributed by atoms with Crippen LogP contribution in [0.5, 0.6) is 0 Å². The van der Waals surface area contributed by atoms with Gasteiger partial charge in [-0.15, -0.1) is 11.3 Å². The smallest absolute Gasteiger partial charge is 0.125 e. The Morgan fingerprint density at radius 3 is 2.72 bits per heavy atom. The molecule has 0 aliphatic carbocycles. The molecule has 0 aliphatic heterocycles. The van der Waals surface area contributed by atoms with E-state index in [9.17, 15) is 4.39 Å². The molecule has 0 saturated heterocycles. The molecule has 0 bridgehead atoms. The molecule has 2 aromatic rings. The van der Waals surface area contributed by atoms with E-state index in [2.05, 4.69) is 31.3 Å². The Hall–Kier alpha value is -0.900. The van der Waals surface area contributed by atoms with E-state index in [-0.39, 0.29) is 11.9 Å². The summed E-state index contributed by atoms with van der Waals surface area (Å²) >= 11 is 7.59. The van der Waals surface area contributed by atoms with Gasteiger partial charge in [0.2, 0.25) is 0 Å². The average molecular weight is 284 g/mol. The van der Waals surface area contributed by atoms with Crippen LogP contribution < -0.4 is 5.32 Å². The standard InChI is InChI=1S/C14H15ClFNS/c1-9-3-4-14(18-9)10(2)17-8-11-5-12(15)7-13(16)6-11/h3-7,10,17H,8H2,1-2H3. The second-order valence-electron chi connectivity index (χ2n) is 4.33. The van der Waals surface area contributed by atoms with Crippen molar-refractivity contribution < 1.29 is 4.39 Å². The quantitative estimate of drug-likeness (QED) is 0.858. The van der Waals surface area contributed by atoms with E-state index in [1.165, 1.54) is 21.9 Å². The largest absolute Gasteiger partial charge is 0.305 e. The van der Waals surface area contributed by atoms with Gasteiger partial charge in [0.1, 0.15) is 5.82 Å². The Kier molecular flexibility index (Phi) is 4.38. The van der Waals surface area contributed by atoms with E-state index in [0.29, 0.717) is 11.6 Å². The van der Waals surface area contributed by atoms with Gasteiger partial charge in [-0.1, -0.05) is 11.6 Å². The Morgan fingerprint density at radius 2 is 2.11 bits per heavy atom. The third-order valence-electron chi connectivity index (χ3n) is 2.72. The number of hydrogen-bond donors (Lipinski definition) is 1. The van der Waals surface area contributed by atoms with Crippen molar-refractivity contribution in [1.29, 1.82) is 0 Å². The molecule has 0 spiro atoms. The normalized spacial score (nSPS) is 12.7. The fraction of sp³-hybridized carbons (Fsp3) is 0.286. The van der Waals surface area contributed by atoms with Gasteiger partial charge in [-0.25, -0.2) is 4.39 Å². The van der Waals surface area contributed by atoms with E-state index in [1.54, 1.807) is 17.4 Å². The molecule has 0 amide bonds. The zero-order valence-corrected chi connectivity index (χ0v) is 11.9. The first-order valence-electron chi connectivity index (χ1n) is 5.79. The highest BCUT2D eigenvalue weighted by Crippen LogP contribution is 2.23. The molecule has 1 aromatic carbocycles. The zero-order valence-electron chi connectivity index (χ0n) is 10.3. The lowest BCUT2D eigenvalue weighted by atomic mass is 10.2. The second kappa shape index (κ2) is 5.83. The highest BCUT2D eigenvalue weighted by Gasteiger charge is 2.07. The fourth-order valence-electron chi connectivity index (χ4n) is 1.77. The van der Waals surface area contributed by atoms with Crippen LogP contribution in [0.2, 0.25) is 5.02 Å². The van der Waals surface area contributed by atoms with Gasteiger partial charge in [0.25, 0.3) is 0 Å². The maximum atomic E-state index is 13.2. The van der Waals surface area contributed by atoms with Gasteiger partial charge in [-0.2, -0.15) is 0 Å². The molecule has 2 rings (SSSR count). The molecule has 0 saturated carbocycles. The van der Waals surface area contributed by atoms with Crippen molar-refractivity contribution in [2.24, 2.45) is 0 Å². The first-order valence-corrected chi connectivity index (χ1v) is 6.99. The molecule has 1 aromatic heterocycles. The molecule has 1 N–H and O–H groups in total. The second-order valence-corrected chi connectivity index (χ2v) is 6.08. The van der Waals surface area contributed by atoms with Crippen molar-refractivity contribution in [3.63, 3.8) is 0 Å². The summed E-state index contributed by atoms with van der Waals surface area (Å²) < 4.78 is 13.2. The molecule has 1 atom stereocenters. The lowest BCUT2D eigenvalue weighted by Gasteiger charge is -2.12. The fourth-order valence-corrected chi connectivity index (χ4v) is 2.92. The van der Waals surface area contributed by atoms with Crippen LogP contribution in [-0.4, -0.2) is 0 Å². The molecule has 0 radical (unpaired) electrons. The summed E-state index contributed by atoms with van der Waals surface area (Å²) in [6, 6.07) is 9.09. The highest BCUT2D eigenvalue weighted by atomic mass is 35.5. The SMILES string of the molecule is Cc1ccc(C(C)NCc2cc(F)cc(Cl)c2)s1. The van der Waals surface area contributed by atoms with Crippen LogP contribution in [0.3, 0.4) is 0 Å². The van der Waals surface area contributed by atoms with Crippen molar-refractivity contribution in [3.8, 4) is 0 Å². The van der Waals surface area contributed by atoms with Gasteiger partial charge in [0, 0.05) is 27.4 Å². The first kappa shape index (κ1) is 13.5. The van der Waals surface area contributed by atoms with Crippen molar-refractivity contribution >= 4 is 22.9 Å². The van der Waals surface area contributed by atoms with Crippen molar-refractivity contribution in [3.05, 3.63) is 56.5 Å². The van der Waals surface area contributed by atoms with Crippen molar-refractivity contribution in [2.45, 2.75) is 26.4 Å². The van der Waals surface area contributed by atoms with Crippen LogP contribution in [0.1, 0.15) is 28.3 Å². The summed E-state index contributed by atoms with van der Waals surface area (Å²) in [5, 5.41) is 3.80. The van der Waals surface area contributed by atoms with E-state index in [4.69, 9.17) is 11.6 Å². The minimum atomic E-state index is -0.293. The molecule has 0 aliphatic rings. The third-order valence-corrected chi connectivity index (χ3v) is 4.12. The molecule has 18 heavy (non-hydrogen) atoms. The Morgan fingerprint density at radius 1 is 1.33 bits per heavy atom. The van der Waals surface area contributed by atoms with Gasteiger partial charge in [-0.3, -0.25) is 0 Å². The number of nitrogens with one attached hydrogen (secondary N) is 1. The summed E-state index contributed by atoms with van der Waals surface area (Å²) in [6.45, 7) is 4.80. The predicted octanol–water partition coefficient (Wildman–Crippen LogP) is 4.70. The van der Waals surface area contributed by atoms with E-state index in [0.717, 1.165) is 5.56 Å². The molecule has 1 nitrogen and oxygen atoms in total. The summed E-state index contributed by atoms with van der Waals surface area (Å²) in [4.78, 5) is 2.59. The minimum Gasteiger partial charge on any atom is -0.305 e. The average Bonchev–Trinajstić information content (AvgIpc) is 2.71. The van der Waals surface area contributed by atoms with Crippen LogP contribution in [-0.2, 0) is 6.54 Å². The van der Waals surface area contributed by atoms with Gasteiger partial charge >= 0.3 is 0 Å². The number of rotatable bonds is 4. The van der Waals surface area contributed by atoms with Crippen LogP contribution >= 0.6 is 22.9 Å². The van der Waals surface area contributed by atoms with Crippen molar-refractivity contribution in [1.82, 2.24) is 5.32 Å². The van der Waals surface area contributed by atoms with E-state index < -0.39 is 0 Å². The van der Waals surface area contributed by atoms with E-state index in [1.807, 2.05) is 0 Å². The summed E-state index contributed by atoms with van der Waals surface area (Å²) in [6.07, 6.45) is 0. The molecule has 96 valence electrons. The summed E-state index contributed by atoms with van der Waals surface area (Å²) in [5.74, 6) is -0.293. The summed E-state index contributed by atoms with van der Waals surface area (Å²) in [5.41, 5.74) is 0.861. The number of aryl methyl sites for hydroxylation is 1. The Balaban J connectivity index is 1.99. The van der Waals surface area contributed by atoms with Crippen LogP contribution in [0.25, 0.3) is 0 Å². The monoisotopic (exact) mass is 283 g/mol. The van der Waals surface area contributed by atoms with Gasteiger partial charge in [-0.05, 0) is 49.7 Å². The maximum Gasteiger partial charge on any atom is 0.125 e. The van der Waals surface area contributed by atoms with Gasteiger partial charge in [0.05, 0.1) is 0 Å². The molecule has 0 fully saturated rings. The summed E-state index contributed by atoms with van der Waals surface area (Å²) in [7, 11) is 0. The Bertz CT molecular complexity index is 518. The molecular weight excluding hydrogens is 269 g/mol. The van der Waals surface area contributed by atoms with Crippen LogP contribution in [0, 0.1) is 12.7 Å². The number of thiophene rings is 1.